The molecule has 2 amide bonds. The van der Waals surface area contributed by atoms with Gasteiger partial charge in [-0.05, 0) is 43.1 Å². The van der Waals surface area contributed by atoms with Crippen LogP contribution in [0.3, 0.4) is 0 Å². The van der Waals surface area contributed by atoms with E-state index in [0.29, 0.717) is 18.7 Å². The molecule has 0 radical (unpaired) electrons. The summed E-state index contributed by atoms with van der Waals surface area (Å²) in [6.45, 7) is 8.90. The predicted octanol–water partition coefficient (Wildman–Crippen LogP) is 2.88. The first-order valence-corrected chi connectivity index (χ1v) is 14.5. The first kappa shape index (κ1) is 32.3. The van der Waals surface area contributed by atoms with Crippen molar-refractivity contribution in [2.24, 2.45) is 5.73 Å². The maximum atomic E-state index is 12.4. The maximum Gasteiger partial charge on any atom is 0.242 e. The molecule has 0 aliphatic carbocycles. The summed E-state index contributed by atoms with van der Waals surface area (Å²) in [4.78, 5) is 29.4. The van der Waals surface area contributed by atoms with E-state index in [4.69, 9.17) is 11.1 Å². The summed E-state index contributed by atoms with van der Waals surface area (Å²) in [6.07, 6.45) is 1.14. The van der Waals surface area contributed by atoms with Crippen molar-refractivity contribution >= 4 is 23.3 Å². The van der Waals surface area contributed by atoms with Crippen LogP contribution in [0.15, 0.2) is 78.9 Å². The number of likely N-dealkylation sites (N-methyl/N-ethyl adjacent to an activating group) is 1. The summed E-state index contributed by atoms with van der Waals surface area (Å²) in [5.41, 5.74) is 10.7. The second-order valence-corrected chi connectivity index (χ2v) is 10.5. The highest BCUT2D eigenvalue weighted by Crippen LogP contribution is 2.21. The van der Waals surface area contributed by atoms with Gasteiger partial charge in [-0.2, -0.15) is 0 Å². The van der Waals surface area contributed by atoms with E-state index < -0.39 is 6.04 Å². The third-order valence-corrected chi connectivity index (χ3v) is 7.19. The Hall–Kier alpha value is -4.21. The van der Waals surface area contributed by atoms with E-state index in [1.54, 1.807) is 19.1 Å². The molecule has 6 N–H and O–H groups in total. The number of nitrogen functional groups attached to an aromatic ring is 1. The number of amidine groups is 1. The number of amides is 2. The first-order valence-electron chi connectivity index (χ1n) is 14.5. The minimum absolute atomic E-state index is 0.00310. The molecule has 9 heteroatoms. The zero-order valence-electron chi connectivity index (χ0n) is 25.0. The predicted molar refractivity (Wildman–Crippen MR) is 171 cm³/mol. The van der Waals surface area contributed by atoms with Crippen LogP contribution < -0.4 is 26.6 Å². The SMILES string of the molecule is CC(NC(=O)CNCc1ccccc1N1CCN(C)CC1)C(=O)NCc1ccc(C(=N)N)cc1.CCc1ccccc1. The molecule has 4 rings (SSSR count). The Labute approximate surface area is 250 Å². The number of anilines is 1. The maximum absolute atomic E-state index is 12.4. The topological polar surface area (TPSA) is 127 Å². The molecule has 1 atom stereocenters. The zero-order valence-corrected chi connectivity index (χ0v) is 25.0. The van der Waals surface area contributed by atoms with Crippen molar-refractivity contribution in [3.63, 3.8) is 0 Å². The number of piperazine rings is 1. The molecular weight excluding hydrogens is 526 g/mol. The number of hydrogen-bond donors (Lipinski definition) is 5. The van der Waals surface area contributed by atoms with Gasteiger partial charge in [0.1, 0.15) is 11.9 Å². The molecule has 1 aliphatic rings. The summed E-state index contributed by atoms with van der Waals surface area (Å²) in [6, 6.07) is 25.2. The molecule has 0 aromatic heterocycles. The highest BCUT2D eigenvalue weighted by molar-refractivity contribution is 5.94. The van der Waals surface area contributed by atoms with Gasteiger partial charge in [0.05, 0.1) is 6.54 Å². The van der Waals surface area contributed by atoms with Gasteiger partial charge in [0.2, 0.25) is 11.8 Å². The fourth-order valence-corrected chi connectivity index (χ4v) is 4.54. The normalized spacial score (nSPS) is 13.8. The summed E-state index contributed by atoms with van der Waals surface area (Å²) >= 11 is 0. The quantitative estimate of drug-likeness (QED) is 0.178. The van der Waals surface area contributed by atoms with Crippen molar-refractivity contribution in [1.29, 1.82) is 5.41 Å². The zero-order chi connectivity index (χ0) is 30.3. The van der Waals surface area contributed by atoms with E-state index in [2.05, 4.69) is 76.1 Å². The van der Waals surface area contributed by atoms with E-state index in [9.17, 15) is 9.59 Å². The number of nitrogens with two attached hydrogens (primary N) is 1. The molecule has 1 unspecified atom stereocenters. The second-order valence-electron chi connectivity index (χ2n) is 10.5. The monoisotopic (exact) mass is 571 g/mol. The van der Waals surface area contributed by atoms with Gasteiger partial charge in [-0.3, -0.25) is 15.0 Å². The third kappa shape index (κ3) is 10.6. The van der Waals surface area contributed by atoms with Crippen LogP contribution in [0.4, 0.5) is 5.69 Å². The van der Waals surface area contributed by atoms with Crippen molar-refractivity contribution in [3.05, 3.63) is 101 Å². The molecule has 0 saturated carbocycles. The van der Waals surface area contributed by atoms with E-state index in [-0.39, 0.29) is 24.2 Å². The standard InChI is InChI=1S/C25H35N7O2.C8H10/c1-18(25(34)29-15-19-7-9-20(10-8-19)24(26)27)30-23(33)17-28-16-21-5-3-4-6-22(21)32-13-11-31(2)12-14-32;1-2-8-6-4-3-5-7-8/h3-10,18,28H,11-17H2,1-2H3,(H3,26,27)(H,29,34)(H,30,33);3-7H,2H2,1H3. The average Bonchev–Trinajstić information content (AvgIpc) is 3.01. The Bertz CT molecular complexity index is 1270. The minimum Gasteiger partial charge on any atom is -0.384 e. The van der Waals surface area contributed by atoms with Gasteiger partial charge in [-0.1, -0.05) is 79.7 Å². The molecular formula is C33H45N7O2. The molecule has 0 bridgehead atoms. The van der Waals surface area contributed by atoms with E-state index in [1.165, 1.54) is 11.3 Å². The van der Waals surface area contributed by atoms with Gasteiger partial charge in [-0.25, -0.2) is 0 Å². The number of nitrogens with zero attached hydrogens (tertiary/aromatic N) is 2. The average molecular weight is 572 g/mol. The lowest BCUT2D eigenvalue weighted by Gasteiger charge is -2.35. The fraction of sp³-hybridized carbons (Fsp3) is 0.364. The van der Waals surface area contributed by atoms with Gasteiger partial charge in [0.25, 0.3) is 0 Å². The summed E-state index contributed by atoms with van der Waals surface area (Å²) in [5.74, 6) is -0.488. The van der Waals surface area contributed by atoms with Crippen LogP contribution in [0, 0.1) is 5.41 Å². The van der Waals surface area contributed by atoms with Crippen molar-refractivity contribution in [1.82, 2.24) is 20.9 Å². The van der Waals surface area contributed by atoms with Crippen molar-refractivity contribution in [2.45, 2.75) is 39.4 Å². The van der Waals surface area contributed by atoms with Crippen LogP contribution in [0.25, 0.3) is 0 Å². The summed E-state index contributed by atoms with van der Waals surface area (Å²) < 4.78 is 0. The molecule has 224 valence electrons. The lowest BCUT2D eigenvalue weighted by atomic mass is 10.1. The van der Waals surface area contributed by atoms with Gasteiger partial charge in [-0.15, -0.1) is 0 Å². The Morgan fingerprint density at radius 3 is 2.14 bits per heavy atom. The highest BCUT2D eigenvalue weighted by Gasteiger charge is 2.18. The van der Waals surface area contributed by atoms with Crippen LogP contribution in [-0.2, 0) is 29.1 Å². The molecule has 1 aliphatic heterocycles. The Morgan fingerprint density at radius 2 is 1.52 bits per heavy atom. The molecule has 1 heterocycles. The van der Waals surface area contributed by atoms with Crippen LogP contribution in [0.5, 0.6) is 0 Å². The van der Waals surface area contributed by atoms with Crippen molar-refractivity contribution in [3.8, 4) is 0 Å². The van der Waals surface area contributed by atoms with Crippen LogP contribution in [-0.4, -0.2) is 68.4 Å². The number of hydrogen-bond acceptors (Lipinski definition) is 6. The number of benzene rings is 3. The number of rotatable bonds is 11. The minimum atomic E-state index is -0.650. The molecule has 1 saturated heterocycles. The van der Waals surface area contributed by atoms with Gasteiger partial charge < -0.3 is 31.5 Å². The number of aryl methyl sites for hydroxylation is 1. The molecule has 1 fully saturated rings. The fourth-order valence-electron chi connectivity index (χ4n) is 4.54. The highest BCUT2D eigenvalue weighted by atomic mass is 16.2. The summed E-state index contributed by atoms with van der Waals surface area (Å²) in [7, 11) is 2.14. The van der Waals surface area contributed by atoms with Gasteiger partial charge >= 0.3 is 0 Å². The van der Waals surface area contributed by atoms with E-state index in [0.717, 1.165) is 43.7 Å². The van der Waals surface area contributed by atoms with Crippen LogP contribution in [0.2, 0.25) is 0 Å². The van der Waals surface area contributed by atoms with Gasteiger partial charge in [0, 0.05) is 50.5 Å². The van der Waals surface area contributed by atoms with E-state index in [1.807, 2.05) is 30.3 Å². The molecule has 3 aromatic rings. The lowest BCUT2D eigenvalue weighted by molar-refractivity contribution is -0.128. The second kappa shape index (κ2) is 16.9. The molecule has 3 aromatic carbocycles. The number of carbonyl (C=O) groups is 2. The first-order chi connectivity index (χ1) is 20.3. The number of nitrogens with one attached hydrogen (secondary N) is 4. The Balaban J connectivity index is 0.000000521. The lowest BCUT2D eigenvalue weighted by Crippen LogP contribution is -2.47. The van der Waals surface area contributed by atoms with E-state index >= 15 is 0 Å². The van der Waals surface area contributed by atoms with Crippen LogP contribution >= 0.6 is 0 Å². The Morgan fingerprint density at radius 1 is 0.881 bits per heavy atom. The smallest absolute Gasteiger partial charge is 0.242 e. The van der Waals surface area contributed by atoms with Crippen molar-refractivity contribution < 1.29 is 9.59 Å². The number of carbonyl (C=O) groups excluding carboxylic acids is 2. The number of para-hydroxylation sites is 1. The summed E-state index contributed by atoms with van der Waals surface area (Å²) in [5, 5.41) is 16.2. The molecule has 42 heavy (non-hydrogen) atoms. The van der Waals surface area contributed by atoms with Gasteiger partial charge in [0.15, 0.2) is 0 Å². The largest absolute Gasteiger partial charge is 0.384 e. The van der Waals surface area contributed by atoms with Crippen LogP contribution in [0.1, 0.15) is 36.1 Å². The molecule has 0 spiro atoms. The van der Waals surface area contributed by atoms with Crippen molar-refractivity contribution in [2.75, 3.05) is 44.7 Å². The Kier molecular flexibility index (Phi) is 13.0. The third-order valence-electron chi connectivity index (χ3n) is 7.19. The molecule has 9 nitrogen and oxygen atoms in total.